The number of amides is 1. The van der Waals surface area contributed by atoms with Crippen molar-refractivity contribution in [3.63, 3.8) is 0 Å². The SMILES string of the molecule is C#CCN1CCN(C(=O)C(O)c2ccccc2)CC1. The molecule has 100 valence electrons. The first kappa shape index (κ1) is 13.6. The zero-order valence-electron chi connectivity index (χ0n) is 10.8. The summed E-state index contributed by atoms with van der Waals surface area (Å²) in [5.74, 6) is 2.37. The molecule has 1 aromatic carbocycles. The van der Waals surface area contributed by atoms with Crippen molar-refractivity contribution >= 4 is 5.91 Å². The van der Waals surface area contributed by atoms with Crippen LogP contribution in [0.2, 0.25) is 0 Å². The van der Waals surface area contributed by atoms with E-state index in [4.69, 9.17) is 6.42 Å². The average Bonchev–Trinajstić information content (AvgIpc) is 2.48. The first-order chi connectivity index (χ1) is 9.22. The molecule has 1 unspecified atom stereocenters. The topological polar surface area (TPSA) is 43.8 Å². The molecule has 4 nitrogen and oxygen atoms in total. The summed E-state index contributed by atoms with van der Waals surface area (Å²) in [7, 11) is 0. The highest BCUT2D eigenvalue weighted by Gasteiger charge is 2.26. The Morgan fingerprint density at radius 1 is 1.26 bits per heavy atom. The molecule has 1 heterocycles. The van der Waals surface area contributed by atoms with Crippen LogP contribution in [-0.2, 0) is 4.79 Å². The molecule has 0 saturated carbocycles. The van der Waals surface area contributed by atoms with Gasteiger partial charge in [-0.15, -0.1) is 6.42 Å². The molecule has 0 aromatic heterocycles. The van der Waals surface area contributed by atoms with Crippen LogP contribution in [0, 0.1) is 12.3 Å². The average molecular weight is 258 g/mol. The second-order valence-corrected chi connectivity index (χ2v) is 4.62. The zero-order valence-corrected chi connectivity index (χ0v) is 10.8. The maximum atomic E-state index is 12.2. The number of terminal acetylenes is 1. The second-order valence-electron chi connectivity index (χ2n) is 4.62. The van der Waals surface area contributed by atoms with Crippen molar-refractivity contribution in [2.75, 3.05) is 32.7 Å². The number of piperazine rings is 1. The summed E-state index contributed by atoms with van der Waals surface area (Å²) in [5.41, 5.74) is 0.638. The van der Waals surface area contributed by atoms with Gasteiger partial charge in [-0.05, 0) is 5.56 Å². The number of aliphatic hydroxyl groups excluding tert-OH is 1. The van der Waals surface area contributed by atoms with Gasteiger partial charge >= 0.3 is 0 Å². The lowest BCUT2D eigenvalue weighted by Gasteiger charge is -2.34. The number of aliphatic hydroxyl groups is 1. The molecule has 19 heavy (non-hydrogen) atoms. The summed E-state index contributed by atoms with van der Waals surface area (Å²) >= 11 is 0. The van der Waals surface area contributed by atoms with Crippen molar-refractivity contribution in [2.24, 2.45) is 0 Å². The molecule has 0 spiro atoms. The van der Waals surface area contributed by atoms with E-state index in [1.165, 1.54) is 0 Å². The van der Waals surface area contributed by atoms with E-state index in [2.05, 4.69) is 10.8 Å². The fourth-order valence-corrected chi connectivity index (χ4v) is 2.21. The number of carbonyl (C=O) groups is 1. The number of benzene rings is 1. The molecule has 1 aliphatic heterocycles. The van der Waals surface area contributed by atoms with E-state index in [1.54, 1.807) is 17.0 Å². The van der Waals surface area contributed by atoms with Gasteiger partial charge in [0.25, 0.3) is 5.91 Å². The quantitative estimate of drug-likeness (QED) is 0.803. The molecule has 1 N–H and O–H groups in total. The van der Waals surface area contributed by atoms with Gasteiger partial charge < -0.3 is 10.0 Å². The van der Waals surface area contributed by atoms with E-state index in [0.29, 0.717) is 25.2 Å². The fraction of sp³-hybridized carbons (Fsp3) is 0.400. The Labute approximate surface area is 113 Å². The lowest BCUT2D eigenvalue weighted by Crippen LogP contribution is -2.49. The van der Waals surface area contributed by atoms with Crippen molar-refractivity contribution in [1.29, 1.82) is 0 Å². The van der Waals surface area contributed by atoms with Gasteiger partial charge in [0.2, 0.25) is 0 Å². The van der Waals surface area contributed by atoms with Crippen molar-refractivity contribution in [1.82, 2.24) is 9.80 Å². The molecule has 1 fully saturated rings. The Bertz CT molecular complexity index is 459. The van der Waals surface area contributed by atoms with Gasteiger partial charge in [-0.3, -0.25) is 9.69 Å². The van der Waals surface area contributed by atoms with E-state index < -0.39 is 6.10 Å². The standard InChI is InChI=1S/C15H18N2O2/c1-2-8-16-9-11-17(12-10-16)15(19)14(18)13-6-4-3-5-7-13/h1,3-7,14,18H,8-12H2. The predicted molar refractivity (Wildman–Crippen MR) is 73.3 cm³/mol. The normalized spacial score (nSPS) is 17.8. The Balaban J connectivity index is 1.93. The van der Waals surface area contributed by atoms with Crippen LogP contribution >= 0.6 is 0 Å². The van der Waals surface area contributed by atoms with Crippen LogP contribution in [0.15, 0.2) is 30.3 Å². The molecule has 1 aromatic rings. The predicted octanol–water partition coefficient (Wildman–Crippen LogP) is 0.497. The number of hydrogen-bond donors (Lipinski definition) is 1. The van der Waals surface area contributed by atoms with Crippen LogP contribution in [0.3, 0.4) is 0 Å². The largest absolute Gasteiger partial charge is 0.378 e. The van der Waals surface area contributed by atoms with E-state index >= 15 is 0 Å². The summed E-state index contributed by atoms with van der Waals surface area (Å²) in [5, 5.41) is 10.1. The van der Waals surface area contributed by atoms with Crippen LogP contribution < -0.4 is 0 Å². The van der Waals surface area contributed by atoms with E-state index in [9.17, 15) is 9.90 Å². The maximum absolute atomic E-state index is 12.2. The van der Waals surface area contributed by atoms with E-state index in [-0.39, 0.29) is 5.91 Å². The lowest BCUT2D eigenvalue weighted by atomic mass is 10.1. The zero-order chi connectivity index (χ0) is 13.7. The minimum atomic E-state index is -1.07. The van der Waals surface area contributed by atoms with Crippen LogP contribution in [-0.4, -0.2) is 53.5 Å². The lowest BCUT2D eigenvalue weighted by molar-refractivity contribution is -0.142. The number of hydrogen-bond acceptors (Lipinski definition) is 3. The fourth-order valence-electron chi connectivity index (χ4n) is 2.21. The molecule has 1 aliphatic rings. The smallest absolute Gasteiger partial charge is 0.256 e. The molecule has 1 atom stereocenters. The van der Waals surface area contributed by atoms with Crippen LogP contribution in [0.5, 0.6) is 0 Å². The first-order valence-electron chi connectivity index (χ1n) is 6.40. The molecule has 0 bridgehead atoms. The highest BCUT2D eigenvalue weighted by atomic mass is 16.3. The molecule has 0 radical (unpaired) electrons. The molecule has 1 saturated heterocycles. The maximum Gasteiger partial charge on any atom is 0.256 e. The number of carbonyl (C=O) groups excluding carboxylic acids is 1. The summed E-state index contributed by atoms with van der Waals surface area (Å²) in [4.78, 5) is 16.0. The van der Waals surface area contributed by atoms with Gasteiger partial charge in [0.1, 0.15) is 0 Å². The first-order valence-corrected chi connectivity index (χ1v) is 6.40. The van der Waals surface area contributed by atoms with E-state index in [1.807, 2.05) is 18.2 Å². The van der Waals surface area contributed by atoms with Gasteiger partial charge in [-0.1, -0.05) is 36.3 Å². The summed E-state index contributed by atoms with van der Waals surface area (Å²) in [6.45, 7) is 3.37. The minimum absolute atomic E-state index is 0.230. The van der Waals surface area contributed by atoms with Gasteiger partial charge in [0.05, 0.1) is 6.54 Å². The van der Waals surface area contributed by atoms with Gasteiger partial charge in [-0.25, -0.2) is 0 Å². The van der Waals surface area contributed by atoms with Crippen molar-refractivity contribution < 1.29 is 9.90 Å². The van der Waals surface area contributed by atoms with Crippen molar-refractivity contribution in [2.45, 2.75) is 6.10 Å². The molecule has 1 amide bonds. The van der Waals surface area contributed by atoms with Crippen molar-refractivity contribution in [3.05, 3.63) is 35.9 Å². The Morgan fingerprint density at radius 2 is 1.89 bits per heavy atom. The third kappa shape index (κ3) is 3.34. The van der Waals surface area contributed by atoms with Crippen LogP contribution in [0.4, 0.5) is 0 Å². The number of rotatable bonds is 3. The summed E-state index contributed by atoms with van der Waals surface area (Å²) < 4.78 is 0. The molecule has 0 aliphatic carbocycles. The number of nitrogens with zero attached hydrogens (tertiary/aromatic N) is 2. The van der Waals surface area contributed by atoms with Gasteiger partial charge in [0.15, 0.2) is 6.10 Å². The minimum Gasteiger partial charge on any atom is -0.378 e. The van der Waals surface area contributed by atoms with Crippen LogP contribution in [0.25, 0.3) is 0 Å². The van der Waals surface area contributed by atoms with E-state index in [0.717, 1.165) is 13.1 Å². The second kappa shape index (κ2) is 6.37. The summed E-state index contributed by atoms with van der Waals surface area (Å²) in [6, 6.07) is 9.01. The van der Waals surface area contributed by atoms with Crippen LogP contribution in [0.1, 0.15) is 11.7 Å². The van der Waals surface area contributed by atoms with Crippen molar-refractivity contribution in [3.8, 4) is 12.3 Å². The molecule has 4 heteroatoms. The Hall–Kier alpha value is -1.83. The van der Waals surface area contributed by atoms with Gasteiger partial charge in [-0.2, -0.15) is 0 Å². The summed E-state index contributed by atoms with van der Waals surface area (Å²) in [6.07, 6.45) is 4.20. The molecular weight excluding hydrogens is 240 g/mol. The third-order valence-electron chi connectivity index (χ3n) is 3.35. The Kier molecular flexibility index (Phi) is 4.56. The third-order valence-corrected chi connectivity index (χ3v) is 3.35. The molecule has 2 rings (SSSR count). The Morgan fingerprint density at radius 3 is 2.47 bits per heavy atom. The monoisotopic (exact) mass is 258 g/mol. The highest BCUT2D eigenvalue weighted by molar-refractivity contribution is 5.82. The highest BCUT2D eigenvalue weighted by Crippen LogP contribution is 2.16. The van der Waals surface area contributed by atoms with Gasteiger partial charge in [0, 0.05) is 26.2 Å². The molecular formula is C15H18N2O2.